The van der Waals surface area contributed by atoms with Gasteiger partial charge in [-0.2, -0.15) is 0 Å². The first-order valence-electron chi connectivity index (χ1n) is 8.09. The minimum atomic E-state index is -0.424. The summed E-state index contributed by atoms with van der Waals surface area (Å²) >= 11 is 0. The maximum atomic E-state index is 10.0. The molecular formula is C18H32NO2+. The average molecular weight is 294 g/mol. The third-order valence-corrected chi connectivity index (χ3v) is 3.65. The van der Waals surface area contributed by atoms with E-state index in [0.717, 1.165) is 11.7 Å². The fourth-order valence-electron chi connectivity index (χ4n) is 2.38. The van der Waals surface area contributed by atoms with Crippen molar-refractivity contribution in [3.05, 3.63) is 29.3 Å². The van der Waals surface area contributed by atoms with Gasteiger partial charge in [0, 0.05) is 0 Å². The molecule has 3 N–H and O–H groups in total. The molecule has 0 aromatic heterocycles. The molecule has 0 bridgehead atoms. The molecule has 0 saturated carbocycles. The van der Waals surface area contributed by atoms with Gasteiger partial charge in [-0.15, -0.1) is 0 Å². The van der Waals surface area contributed by atoms with E-state index in [-0.39, 0.29) is 0 Å². The summed E-state index contributed by atoms with van der Waals surface area (Å²) in [6.07, 6.45) is 2.02. The molecule has 0 spiro atoms. The normalized spacial score (nSPS) is 14.2. The second-order valence-corrected chi connectivity index (χ2v) is 6.71. The molecule has 0 aliphatic heterocycles. The van der Waals surface area contributed by atoms with Crippen LogP contribution in [0.15, 0.2) is 18.2 Å². The van der Waals surface area contributed by atoms with Gasteiger partial charge in [-0.25, -0.2) is 0 Å². The Bertz CT molecular complexity index is 397. The van der Waals surface area contributed by atoms with Crippen molar-refractivity contribution >= 4 is 0 Å². The van der Waals surface area contributed by atoms with Crippen LogP contribution >= 0.6 is 0 Å². The third-order valence-electron chi connectivity index (χ3n) is 3.65. The zero-order valence-corrected chi connectivity index (χ0v) is 14.2. The predicted molar refractivity (Wildman–Crippen MR) is 87.7 cm³/mol. The Morgan fingerprint density at radius 3 is 2.24 bits per heavy atom. The summed E-state index contributed by atoms with van der Waals surface area (Å²) in [6.45, 7) is 11.9. The third kappa shape index (κ3) is 8.08. The minimum Gasteiger partial charge on any atom is -0.491 e. The van der Waals surface area contributed by atoms with Gasteiger partial charge in [0.1, 0.15) is 25.0 Å². The largest absolute Gasteiger partial charge is 0.491 e. The van der Waals surface area contributed by atoms with Crippen molar-refractivity contribution in [2.45, 2.75) is 59.6 Å². The molecule has 0 amide bonds. The molecular weight excluding hydrogens is 262 g/mol. The lowest BCUT2D eigenvalue weighted by molar-refractivity contribution is -0.692. The van der Waals surface area contributed by atoms with Gasteiger partial charge in [-0.1, -0.05) is 19.9 Å². The maximum absolute atomic E-state index is 10.0. The lowest BCUT2D eigenvalue weighted by Gasteiger charge is -2.16. The number of hydrogen-bond donors (Lipinski definition) is 2. The van der Waals surface area contributed by atoms with E-state index in [1.807, 2.05) is 12.1 Å². The first kappa shape index (κ1) is 18.0. The summed E-state index contributed by atoms with van der Waals surface area (Å²) in [5.41, 5.74) is 2.38. The molecule has 21 heavy (non-hydrogen) atoms. The van der Waals surface area contributed by atoms with Crippen LogP contribution in [0.3, 0.4) is 0 Å². The van der Waals surface area contributed by atoms with Crippen LogP contribution in [0.5, 0.6) is 5.75 Å². The van der Waals surface area contributed by atoms with Crippen LogP contribution < -0.4 is 10.1 Å². The number of benzene rings is 1. The van der Waals surface area contributed by atoms with E-state index in [2.05, 4.69) is 46.0 Å². The number of nitrogens with two attached hydrogens (primary N) is 1. The predicted octanol–water partition coefficient (Wildman–Crippen LogP) is 2.43. The van der Waals surface area contributed by atoms with Gasteiger partial charge in [0.15, 0.2) is 0 Å². The van der Waals surface area contributed by atoms with Crippen LogP contribution in [0.25, 0.3) is 0 Å². The van der Waals surface area contributed by atoms with E-state index in [4.69, 9.17) is 4.74 Å². The SMILES string of the molecule is Cc1cc(C)cc(OC[C@@H](O)C[NH2+][C@@H](C)CCC(C)C)c1. The quantitative estimate of drug-likeness (QED) is 0.735. The van der Waals surface area contributed by atoms with Gasteiger partial charge < -0.3 is 15.2 Å². The molecule has 1 rings (SSSR count). The summed E-state index contributed by atoms with van der Waals surface area (Å²) in [6, 6.07) is 6.69. The zero-order valence-electron chi connectivity index (χ0n) is 14.2. The maximum Gasteiger partial charge on any atom is 0.137 e. The van der Waals surface area contributed by atoms with Crippen molar-refractivity contribution in [1.82, 2.24) is 0 Å². The van der Waals surface area contributed by atoms with Gasteiger partial charge in [0.05, 0.1) is 6.04 Å². The van der Waals surface area contributed by atoms with Crippen molar-refractivity contribution in [3.8, 4) is 5.75 Å². The number of quaternary nitrogens is 1. The van der Waals surface area contributed by atoms with Crippen LogP contribution in [0.4, 0.5) is 0 Å². The Morgan fingerprint density at radius 1 is 1.05 bits per heavy atom. The summed E-state index contributed by atoms with van der Waals surface area (Å²) in [5.74, 6) is 1.60. The second-order valence-electron chi connectivity index (χ2n) is 6.71. The first-order valence-corrected chi connectivity index (χ1v) is 8.09. The summed E-state index contributed by atoms with van der Waals surface area (Å²) in [4.78, 5) is 0. The molecule has 120 valence electrons. The smallest absolute Gasteiger partial charge is 0.137 e. The number of rotatable bonds is 9. The number of aliphatic hydroxyl groups is 1. The fourth-order valence-corrected chi connectivity index (χ4v) is 2.38. The Morgan fingerprint density at radius 2 is 1.67 bits per heavy atom. The highest BCUT2D eigenvalue weighted by molar-refractivity contribution is 5.32. The molecule has 1 aromatic rings. The fraction of sp³-hybridized carbons (Fsp3) is 0.667. The van der Waals surface area contributed by atoms with Crippen molar-refractivity contribution in [1.29, 1.82) is 0 Å². The molecule has 0 radical (unpaired) electrons. The van der Waals surface area contributed by atoms with Crippen molar-refractivity contribution in [2.24, 2.45) is 5.92 Å². The Hall–Kier alpha value is -1.06. The van der Waals surface area contributed by atoms with E-state index in [9.17, 15) is 5.11 Å². The summed E-state index contributed by atoms with van der Waals surface area (Å²) < 4.78 is 5.69. The highest BCUT2D eigenvalue weighted by Gasteiger charge is 2.12. The minimum absolute atomic E-state index is 0.357. The molecule has 1 aromatic carbocycles. The Kier molecular flexibility index (Phi) is 7.76. The van der Waals surface area contributed by atoms with Crippen molar-refractivity contribution < 1.29 is 15.2 Å². The monoisotopic (exact) mass is 294 g/mol. The van der Waals surface area contributed by atoms with E-state index in [1.165, 1.54) is 24.0 Å². The molecule has 0 saturated heterocycles. The Balaban J connectivity index is 2.26. The second kappa shape index (κ2) is 9.06. The van der Waals surface area contributed by atoms with E-state index in [0.29, 0.717) is 19.2 Å². The van der Waals surface area contributed by atoms with E-state index >= 15 is 0 Å². The number of aryl methyl sites for hydroxylation is 2. The van der Waals surface area contributed by atoms with Crippen LogP contribution in [0.2, 0.25) is 0 Å². The molecule has 2 atom stereocenters. The number of ether oxygens (including phenoxy) is 1. The van der Waals surface area contributed by atoms with Crippen LogP contribution in [0, 0.1) is 19.8 Å². The van der Waals surface area contributed by atoms with Crippen LogP contribution in [-0.2, 0) is 0 Å². The van der Waals surface area contributed by atoms with Crippen molar-refractivity contribution in [2.75, 3.05) is 13.2 Å². The first-order chi connectivity index (χ1) is 9.86. The van der Waals surface area contributed by atoms with Crippen molar-refractivity contribution in [3.63, 3.8) is 0 Å². The van der Waals surface area contributed by atoms with Gasteiger partial charge >= 0.3 is 0 Å². The molecule has 0 heterocycles. The van der Waals surface area contributed by atoms with Gasteiger partial charge in [-0.3, -0.25) is 0 Å². The van der Waals surface area contributed by atoms with Gasteiger partial charge in [0.25, 0.3) is 0 Å². The standard InChI is InChI=1S/C18H31NO2/c1-13(2)6-7-16(5)19-11-17(20)12-21-18-9-14(3)8-15(4)10-18/h8-10,13,16-17,19-20H,6-7,11-12H2,1-5H3/p+1/t16-,17-/m0/s1. The lowest BCUT2D eigenvalue weighted by Crippen LogP contribution is -2.91. The molecule has 0 aliphatic rings. The van der Waals surface area contributed by atoms with Gasteiger partial charge in [0.2, 0.25) is 0 Å². The molecule has 0 unspecified atom stereocenters. The zero-order chi connectivity index (χ0) is 15.8. The molecule has 3 nitrogen and oxygen atoms in total. The number of hydrogen-bond acceptors (Lipinski definition) is 2. The number of aliphatic hydroxyl groups excluding tert-OH is 1. The lowest BCUT2D eigenvalue weighted by atomic mass is 10.0. The van der Waals surface area contributed by atoms with Crippen LogP contribution in [-0.4, -0.2) is 30.4 Å². The molecule has 0 aliphatic carbocycles. The molecule has 3 heteroatoms. The topological polar surface area (TPSA) is 46.1 Å². The molecule has 0 fully saturated rings. The van der Waals surface area contributed by atoms with E-state index < -0.39 is 6.10 Å². The van der Waals surface area contributed by atoms with E-state index in [1.54, 1.807) is 0 Å². The highest BCUT2D eigenvalue weighted by Crippen LogP contribution is 2.16. The Labute approximate surface area is 129 Å². The van der Waals surface area contributed by atoms with Crippen LogP contribution in [0.1, 0.15) is 44.7 Å². The summed E-state index contributed by atoms with van der Waals surface area (Å²) in [7, 11) is 0. The van der Waals surface area contributed by atoms with Gasteiger partial charge in [-0.05, 0) is 62.8 Å². The average Bonchev–Trinajstić information content (AvgIpc) is 2.39. The summed E-state index contributed by atoms with van der Waals surface area (Å²) in [5, 5.41) is 12.2. The highest BCUT2D eigenvalue weighted by atomic mass is 16.5.